The molecule has 0 spiro atoms. The molecule has 0 N–H and O–H groups in total. The van der Waals surface area contributed by atoms with E-state index in [0.717, 1.165) is 53.9 Å². The zero-order chi connectivity index (χ0) is 19.4. The predicted molar refractivity (Wildman–Crippen MR) is 117 cm³/mol. The lowest BCUT2D eigenvalue weighted by molar-refractivity contribution is 0.0818. The Hall–Kier alpha value is -2.37. The van der Waals surface area contributed by atoms with E-state index < -0.39 is 0 Å². The molecule has 1 aromatic carbocycles. The monoisotopic (exact) mass is 411 g/mol. The van der Waals surface area contributed by atoms with Crippen LogP contribution in [0.1, 0.15) is 34.1 Å². The van der Waals surface area contributed by atoms with Crippen molar-refractivity contribution >= 4 is 29.1 Å². The number of hydrogen-bond donors (Lipinski definition) is 0. The molecule has 1 unspecified atom stereocenters. The van der Waals surface area contributed by atoms with E-state index in [2.05, 4.69) is 21.6 Å². The van der Waals surface area contributed by atoms with Gasteiger partial charge in [-0.3, -0.25) is 14.5 Å². The number of aryl methyl sites for hydroxylation is 1. The molecule has 152 valence electrons. The highest BCUT2D eigenvalue weighted by Gasteiger charge is 2.35. The minimum atomic E-state index is 0. The first-order chi connectivity index (χ1) is 13.5. The number of ketones is 1. The lowest BCUT2D eigenvalue weighted by Crippen LogP contribution is -2.48. The number of hydrogen-bond acceptors (Lipinski definition) is 3. The molecular weight excluding hydrogens is 386 g/mol. The summed E-state index contributed by atoms with van der Waals surface area (Å²) in [4.78, 5) is 27.8. The Morgan fingerprint density at radius 2 is 1.86 bits per heavy atom. The molecule has 1 fully saturated rings. The summed E-state index contributed by atoms with van der Waals surface area (Å²) < 4.78 is 4.04. The van der Waals surface area contributed by atoms with Gasteiger partial charge >= 0.3 is 0 Å². The number of carbonyl (C=O) groups is 1. The topological polar surface area (TPSA) is 47.2 Å². The molecule has 6 heteroatoms. The molecular formula is C23H26ClN3O2. The van der Waals surface area contributed by atoms with Gasteiger partial charge < -0.3 is 9.13 Å². The second-order valence-electron chi connectivity index (χ2n) is 8.35. The second-order valence-corrected chi connectivity index (χ2v) is 8.35. The Bertz CT molecular complexity index is 1150. The first-order valence-electron chi connectivity index (χ1n) is 10.0. The van der Waals surface area contributed by atoms with Crippen molar-refractivity contribution in [1.29, 1.82) is 0 Å². The van der Waals surface area contributed by atoms with E-state index in [4.69, 9.17) is 0 Å². The number of para-hydroxylation sites is 1. The van der Waals surface area contributed by atoms with Crippen LogP contribution in [-0.2, 0) is 13.6 Å². The van der Waals surface area contributed by atoms with Crippen LogP contribution in [0.2, 0.25) is 0 Å². The fraction of sp³-hybridized carbons (Fsp3) is 0.391. The molecule has 0 radical (unpaired) electrons. The van der Waals surface area contributed by atoms with E-state index in [0.29, 0.717) is 18.4 Å². The number of rotatable bonds is 3. The van der Waals surface area contributed by atoms with E-state index in [1.807, 2.05) is 42.8 Å². The molecule has 0 aliphatic carbocycles. The SMILES string of the molecule is Cc1c(C(=O)CN2CC3C[C@H](C2)Cn2c3cccc2=O)c2ccccc2n1C.Cl. The molecule has 3 aromatic rings. The quantitative estimate of drug-likeness (QED) is 0.621. The fourth-order valence-corrected chi connectivity index (χ4v) is 5.28. The normalized spacial score (nSPS) is 20.9. The van der Waals surface area contributed by atoms with E-state index in [1.54, 1.807) is 6.07 Å². The largest absolute Gasteiger partial charge is 0.347 e. The first kappa shape index (κ1) is 19.9. The van der Waals surface area contributed by atoms with Crippen molar-refractivity contribution in [1.82, 2.24) is 14.0 Å². The number of Topliss-reactive ketones (excluding diaryl/α,β-unsaturated/α-hetero) is 1. The van der Waals surface area contributed by atoms with Crippen LogP contribution in [0.5, 0.6) is 0 Å². The fourth-order valence-electron chi connectivity index (χ4n) is 5.28. The number of halogens is 1. The van der Waals surface area contributed by atoms with Gasteiger partial charge in [-0.25, -0.2) is 0 Å². The van der Waals surface area contributed by atoms with Gasteiger partial charge in [0.2, 0.25) is 0 Å². The molecule has 2 bridgehead atoms. The van der Waals surface area contributed by atoms with Gasteiger partial charge in [0.25, 0.3) is 5.56 Å². The van der Waals surface area contributed by atoms with Crippen LogP contribution in [0.4, 0.5) is 0 Å². The molecule has 2 atom stereocenters. The highest BCUT2D eigenvalue weighted by Crippen LogP contribution is 2.35. The van der Waals surface area contributed by atoms with Crippen molar-refractivity contribution in [3.05, 3.63) is 69.8 Å². The molecule has 2 aliphatic heterocycles. The number of pyridine rings is 1. The van der Waals surface area contributed by atoms with Gasteiger partial charge in [-0.15, -0.1) is 12.4 Å². The van der Waals surface area contributed by atoms with Crippen molar-refractivity contribution in [3.63, 3.8) is 0 Å². The van der Waals surface area contributed by atoms with Crippen LogP contribution in [0.15, 0.2) is 47.3 Å². The first-order valence-corrected chi connectivity index (χ1v) is 10.0. The number of nitrogens with zero attached hydrogens (tertiary/aromatic N) is 3. The van der Waals surface area contributed by atoms with E-state index in [9.17, 15) is 9.59 Å². The van der Waals surface area contributed by atoms with Crippen molar-refractivity contribution < 1.29 is 4.79 Å². The maximum atomic E-state index is 13.3. The maximum Gasteiger partial charge on any atom is 0.250 e. The highest BCUT2D eigenvalue weighted by molar-refractivity contribution is 6.10. The zero-order valence-corrected chi connectivity index (χ0v) is 17.6. The summed E-state index contributed by atoms with van der Waals surface area (Å²) in [6.45, 7) is 4.96. The number of fused-ring (bicyclic) bond motifs is 5. The Balaban J connectivity index is 0.00000205. The molecule has 1 saturated heterocycles. The summed E-state index contributed by atoms with van der Waals surface area (Å²) in [5.74, 6) is 0.968. The summed E-state index contributed by atoms with van der Waals surface area (Å²) in [5, 5.41) is 1.04. The number of aromatic nitrogens is 2. The average molecular weight is 412 g/mol. The smallest absolute Gasteiger partial charge is 0.250 e. The molecule has 2 aliphatic rings. The van der Waals surface area contributed by atoms with Crippen molar-refractivity contribution in [2.45, 2.75) is 25.8 Å². The van der Waals surface area contributed by atoms with Crippen LogP contribution >= 0.6 is 12.4 Å². The van der Waals surface area contributed by atoms with Crippen LogP contribution in [0.3, 0.4) is 0 Å². The van der Waals surface area contributed by atoms with Crippen LogP contribution in [0.25, 0.3) is 10.9 Å². The number of piperidine rings is 1. The summed E-state index contributed by atoms with van der Waals surface area (Å²) >= 11 is 0. The molecule has 4 heterocycles. The van der Waals surface area contributed by atoms with Crippen LogP contribution in [0, 0.1) is 12.8 Å². The van der Waals surface area contributed by atoms with Gasteiger partial charge in [0.1, 0.15) is 0 Å². The Kier molecular flexibility index (Phi) is 5.13. The minimum Gasteiger partial charge on any atom is -0.347 e. The zero-order valence-electron chi connectivity index (χ0n) is 16.8. The van der Waals surface area contributed by atoms with Gasteiger partial charge in [0.15, 0.2) is 5.78 Å². The van der Waals surface area contributed by atoms with Crippen molar-refractivity contribution in [2.75, 3.05) is 19.6 Å². The van der Waals surface area contributed by atoms with E-state index in [-0.39, 0.29) is 23.7 Å². The average Bonchev–Trinajstić information content (AvgIpc) is 2.94. The van der Waals surface area contributed by atoms with E-state index in [1.165, 1.54) is 0 Å². The molecule has 2 aromatic heterocycles. The van der Waals surface area contributed by atoms with Gasteiger partial charge in [-0.2, -0.15) is 0 Å². The van der Waals surface area contributed by atoms with Crippen molar-refractivity contribution in [2.24, 2.45) is 13.0 Å². The van der Waals surface area contributed by atoms with E-state index >= 15 is 0 Å². The van der Waals surface area contributed by atoms with Gasteiger partial charge in [-0.05, 0) is 31.4 Å². The van der Waals surface area contributed by atoms with Crippen LogP contribution < -0.4 is 5.56 Å². The predicted octanol–water partition coefficient (Wildman–Crippen LogP) is 3.37. The van der Waals surface area contributed by atoms with Gasteiger partial charge in [0, 0.05) is 66.5 Å². The Morgan fingerprint density at radius 3 is 2.69 bits per heavy atom. The second kappa shape index (κ2) is 7.47. The third kappa shape index (κ3) is 3.22. The maximum absolute atomic E-state index is 13.3. The Labute approximate surface area is 176 Å². The molecule has 0 saturated carbocycles. The summed E-state index contributed by atoms with van der Waals surface area (Å²) in [6, 6.07) is 13.7. The highest BCUT2D eigenvalue weighted by atomic mass is 35.5. The van der Waals surface area contributed by atoms with Crippen LogP contribution in [-0.4, -0.2) is 39.5 Å². The molecule has 0 amide bonds. The third-order valence-electron chi connectivity index (χ3n) is 6.60. The Morgan fingerprint density at radius 1 is 1.07 bits per heavy atom. The molecule has 5 rings (SSSR count). The lowest BCUT2D eigenvalue weighted by atomic mass is 9.83. The third-order valence-corrected chi connectivity index (χ3v) is 6.60. The molecule has 5 nitrogen and oxygen atoms in total. The standard InChI is InChI=1S/C23H25N3O2.ClH/c1-15-23(18-6-3-4-7-20(18)24(15)2)21(27)14-25-11-16-10-17(13-25)19-8-5-9-22(28)26(19)12-16;/h3-9,16-17H,10-14H2,1-2H3;1H/t16-,17?;/m1./s1. The number of benzene rings is 1. The van der Waals surface area contributed by atoms with Crippen molar-refractivity contribution in [3.8, 4) is 0 Å². The molecule has 29 heavy (non-hydrogen) atoms. The number of carbonyl (C=O) groups excluding carboxylic acids is 1. The van der Waals surface area contributed by atoms with Gasteiger partial charge in [-0.1, -0.05) is 24.3 Å². The minimum absolute atomic E-state index is 0. The lowest BCUT2D eigenvalue weighted by Gasteiger charge is -2.42. The number of likely N-dealkylation sites (tertiary alicyclic amines) is 1. The summed E-state index contributed by atoms with van der Waals surface area (Å²) in [5.41, 5.74) is 4.21. The summed E-state index contributed by atoms with van der Waals surface area (Å²) in [6.07, 6.45) is 1.11. The van der Waals surface area contributed by atoms with Gasteiger partial charge in [0.05, 0.1) is 6.54 Å². The summed E-state index contributed by atoms with van der Waals surface area (Å²) in [7, 11) is 2.02.